The van der Waals surface area contributed by atoms with E-state index in [1.165, 1.54) is 12.0 Å². The molecule has 4 aromatic rings. The summed E-state index contributed by atoms with van der Waals surface area (Å²) < 4.78 is 11.2. The van der Waals surface area contributed by atoms with Crippen LogP contribution in [-0.2, 0) is 16.6 Å². The van der Waals surface area contributed by atoms with Gasteiger partial charge in [-0.2, -0.15) is 5.26 Å². The summed E-state index contributed by atoms with van der Waals surface area (Å²) in [6, 6.07) is 16.5. The number of rotatable bonds is 7. The van der Waals surface area contributed by atoms with Gasteiger partial charge in [-0.15, -0.1) is 0 Å². The lowest BCUT2D eigenvalue weighted by Crippen LogP contribution is -2.15. The number of pyridine rings is 1. The number of nitrogens with zero attached hydrogens (tertiary/aromatic N) is 5. The average molecular weight is 484 g/mol. The number of benzene rings is 1. The molecule has 36 heavy (non-hydrogen) atoms. The third kappa shape index (κ3) is 5.05. The van der Waals surface area contributed by atoms with E-state index in [1.54, 1.807) is 12.4 Å². The summed E-state index contributed by atoms with van der Waals surface area (Å²) in [4.78, 5) is 13.7. The summed E-state index contributed by atoms with van der Waals surface area (Å²) in [7, 11) is 0. The van der Waals surface area contributed by atoms with Gasteiger partial charge >= 0.3 is 0 Å². The Bertz CT molecular complexity index is 1410. The molecule has 0 amide bonds. The fourth-order valence-electron chi connectivity index (χ4n) is 4.36. The molecular weight excluding hydrogens is 450 g/mol. The van der Waals surface area contributed by atoms with Crippen molar-refractivity contribution in [1.82, 2.24) is 20.1 Å². The topological polar surface area (TPSA) is 97.7 Å². The van der Waals surface area contributed by atoms with Crippen LogP contribution < -0.4 is 0 Å². The Morgan fingerprint density at radius 1 is 1.08 bits per heavy atom. The first-order chi connectivity index (χ1) is 17.4. The minimum Gasteiger partial charge on any atom is -0.381 e. The molecule has 0 radical (unpaired) electrons. The van der Waals surface area contributed by atoms with Crippen LogP contribution in [0, 0.1) is 24.2 Å². The van der Waals surface area contributed by atoms with Crippen LogP contribution in [0.5, 0.6) is 0 Å². The molecule has 1 unspecified atom stereocenters. The molecule has 0 N–H and O–H groups in total. The van der Waals surface area contributed by atoms with Crippen LogP contribution in [0.3, 0.4) is 0 Å². The van der Waals surface area contributed by atoms with Gasteiger partial charge < -0.3 is 9.26 Å². The van der Waals surface area contributed by atoms with E-state index in [1.807, 2.05) is 39.0 Å². The first-order valence-electron chi connectivity index (χ1n) is 12.3. The van der Waals surface area contributed by atoms with Gasteiger partial charge in [0.2, 0.25) is 0 Å². The van der Waals surface area contributed by atoms with Crippen LogP contribution in [-0.4, -0.2) is 33.3 Å². The third-order valence-electron chi connectivity index (χ3n) is 6.79. The van der Waals surface area contributed by atoms with Crippen LogP contribution in [0.1, 0.15) is 46.5 Å². The molecule has 5 rings (SSSR count). The molecule has 186 valence electrons. The van der Waals surface area contributed by atoms with E-state index >= 15 is 0 Å². The number of hydrogen-bond donors (Lipinski definition) is 0. The van der Waals surface area contributed by atoms with Crippen molar-refractivity contribution in [2.24, 2.45) is 5.92 Å². The van der Waals surface area contributed by atoms with Crippen molar-refractivity contribution >= 4 is 0 Å². The molecule has 1 aliphatic heterocycles. The lowest BCUT2D eigenvalue weighted by Gasteiger charge is -2.15. The van der Waals surface area contributed by atoms with Gasteiger partial charge in [-0.1, -0.05) is 29.4 Å². The van der Waals surface area contributed by atoms with Crippen molar-refractivity contribution in [2.45, 2.75) is 45.4 Å². The fourth-order valence-corrected chi connectivity index (χ4v) is 4.36. The van der Waals surface area contributed by atoms with Gasteiger partial charge in [-0.3, -0.25) is 9.97 Å². The predicted molar refractivity (Wildman–Crippen MR) is 141 cm³/mol. The molecule has 1 aromatic carbocycles. The zero-order chi connectivity index (χ0) is 25.1. The van der Waals surface area contributed by atoms with Gasteiger partial charge in [0, 0.05) is 39.5 Å². The maximum absolute atomic E-state index is 9.48. The smallest absolute Gasteiger partial charge is 0.187 e. The Labute approximate surface area is 214 Å². The van der Waals surface area contributed by atoms with E-state index in [0.29, 0.717) is 28.8 Å². The van der Waals surface area contributed by atoms with Gasteiger partial charge in [-0.25, -0.2) is 4.98 Å². The molecular formula is C29H33N5O2. The van der Waals surface area contributed by atoms with E-state index in [9.17, 15) is 5.26 Å². The first kappa shape index (κ1) is 23.8. The zero-order valence-corrected chi connectivity index (χ0v) is 20.9. The van der Waals surface area contributed by atoms with Crippen LogP contribution >= 0.6 is 0 Å². The number of aromatic nitrogens is 4. The Balaban J connectivity index is 0.00000200. The quantitative estimate of drug-likeness (QED) is 0.299. The number of ether oxygens (including phenoxy) is 1. The summed E-state index contributed by atoms with van der Waals surface area (Å²) in [6.07, 6.45) is 6.81. The highest BCUT2D eigenvalue weighted by Crippen LogP contribution is 2.30. The number of hydrogen-bond acceptors (Lipinski definition) is 7. The second-order valence-corrected chi connectivity index (χ2v) is 9.90. The van der Waals surface area contributed by atoms with E-state index in [4.69, 9.17) is 14.2 Å². The van der Waals surface area contributed by atoms with E-state index in [-0.39, 0.29) is 2.85 Å². The minimum absolute atomic E-state index is 0. The fraction of sp³-hybridized carbons (Fsp3) is 0.345. The third-order valence-corrected chi connectivity index (χ3v) is 6.79. The first-order valence-corrected chi connectivity index (χ1v) is 12.3. The highest BCUT2D eigenvalue weighted by Gasteiger charge is 2.22. The van der Waals surface area contributed by atoms with Crippen LogP contribution in [0.25, 0.3) is 34.0 Å². The molecule has 4 heterocycles. The molecule has 3 aromatic heterocycles. The maximum Gasteiger partial charge on any atom is 0.187 e. The highest BCUT2D eigenvalue weighted by molar-refractivity contribution is 5.68. The van der Waals surface area contributed by atoms with E-state index in [2.05, 4.69) is 45.5 Å². The van der Waals surface area contributed by atoms with Gasteiger partial charge in [-0.05, 0) is 63.6 Å². The molecule has 7 nitrogen and oxygen atoms in total. The summed E-state index contributed by atoms with van der Waals surface area (Å²) in [5.74, 6) is 1.24. The Morgan fingerprint density at radius 3 is 2.67 bits per heavy atom. The van der Waals surface area contributed by atoms with Gasteiger partial charge in [0.1, 0.15) is 11.4 Å². The van der Waals surface area contributed by atoms with Crippen molar-refractivity contribution < 1.29 is 12.1 Å². The molecule has 1 aliphatic rings. The molecule has 0 aliphatic carbocycles. The second kappa shape index (κ2) is 10.00. The lowest BCUT2D eigenvalue weighted by atomic mass is 9.90. The van der Waals surface area contributed by atoms with Gasteiger partial charge in [0.25, 0.3) is 0 Å². The molecule has 1 atom stereocenters. The molecule has 0 bridgehead atoms. The van der Waals surface area contributed by atoms with Crippen molar-refractivity contribution in [3.8, 4) is 40.0 Å². The second-order valence-electron chi connectivity index (χ2n) is 9.90. The Morgan fingerprint density at radius 2 is 1.92 bits per heavy atom. The lowest BCUT2D eigenvalue weighted by molar-refractivity contribution is 0.184. The highest BCUT2D eigenvalue weighted by atomic mass is 16.5. The largest absolute Gasteiger partial charge is 0.381 e. The van der Waals surface area contributed by atoms with Gasteiger partial charge in [0.15, 0.2) is 5.76 Å². The molecule has 0 saturated carbocycles. The summed E-state index contributed by atoms with van der Waals surface area (Å²) in [6.45, 7) is 7.38. The summed E-state index contributed by atoms with van der Waals surface area (Å²) in [5.41, 5.74) is 5.98. The van der Waals surface area contributed by atoms with Crippen molar-refractivity contribution in [2.75, 3.05) is 13.2 Å². The van der Waals surface area contributed by atoms with Crippen LogP contribution in [0.4, 0.5) is 0 Å². The normalized spacial score (nSPS) is 15.7. The monoisotopic (exact) mass is 483 g/mol. The van der Waals surface area contributed by atoms with Crippen molar-refractivity contribution in [1.29, 1.82) is 5.26 Å². The van der Waals surface area contributed by atoms with Crippen LogP contribution in [0.2, 0.25) is 0 Å². The van der Waals surface area contributed by atoms with E-state index < -0.39 is 5.41 Å². The molecule has 1 fully saturated rings. The SMILES string of the molecule is Cc1ncc(-c2ccnc(C(C)(C)C#N)c2)nc1-c1cc(-c2ccc(CCC3CCOC3)cc2)no1.[HH].[HH]. The molecule has 7 heteroatoms. The standard InChI is InChI=1S/C29H29N5O2.2H2/c1-19-28(33-25(16-32-19)23-10-12-31-27(14-23)29(2,3)18-30)26-15-24(34-36-26)22-8-6-20(7-9-22)4-5-21-11-13-35-17-21;;/h6-10,12,14-16,21H,4-5,11,13,17H2,1-3H3;2*1H. The Hall–Kier alpha value is -3.89. The van der Waals surface area contributed by atoms with Gasteiger partial charge in [0.05, 0.1) is 34.8 Å². The Kier molecular flexibility index (Phi) is 6.62. The number of aryl methyl sites for hydroxylation is 2. The van der Waals surface area contributed by atoms with Crippen LogP contribution in [0.15, 0.2) is 59.4 Å². The number of nitriles is 1. The van der Waals surface area contributed by atoms with Crippen molar-refractivity contribution in [3.63, 3.8) is 0 Å². The minimum atomic E-state index is -0.697. The molecule has 1 saturated heterocycles. The summed E-state index contributed by atoms with van der Waals surface area (Å²) >= 11 is 0. The average Bonchev–Trinajstić information content (AvgIpc) is 3.61. The van der Waals surface area contributed by atoms with Crippen molar-refractivity contribution in [3.05, 3.63) is 71.8 Å². The summed E-state index contributed by atoms with van der Waals surface area (Å²) in [5, 5.41) is 13.8. The molecule has 0 spiro atoms. The zero-order valence-electron chi connectivity index (χ0n) is 20.9. The predicted octanol–water partition coefficient (Wildman–Crippen LogP) is 6.43. The maximum atomic E-state index is 9.48. The van der Waals surface area contributed by atoms with E-state index in [0.717, 1.165) is 48.6 Å².